The minimum absolute atomic E-state index is 0.0650. The Bertz CT molecular complexity index is 191. The summed E-state index contributed by atoms with van der Waals surface area (Å²) in [5, 5.41) is 0. The van der Waals surface area contributed by atoms with E-state index in [4.69, 9.17) is 5.73 Å². The van der Waals surface area contributed by atoms with Gasteiger partial charge in [0.05, 0.1) is 0 Å². The fourth-order valence-corrected chi connectivity index (χ4v) is 0.997. The zero-order valence-corrected chi connectivity index (χ0v) is 6.66. The van der Waals surface area contributed by atoms with Crippen LogP contribution in [0.5, 0.6) is 0 Å². The van der Waals surface area contributed by atoms with Gasteiger partial charge in [-0.25, -0.2) is 0 Å². The molecule has 0 saturated heterocycles. The normalized spacial score (nSPS) is 12.9. The molecule has 59 valence electrons. The third-order valence-electron chi connectivity index (χ3n) is 1.65. The predicted molar refractivity (Wildman–Crippen MR) is 48.1 cm³/mol. The Balaban J connectivity index is 2.39. The Morgan fingerprint density at radius 2 is 1.91 bits per heavy atom. The van der Waals surface area contributed by atoms with Crippen molar-refractivity contribution in [3.8, 4) is 0 Å². The van der Waals surface area contributed by atoms with Crippen LogP contribution in [0.4, 0.5) is 0 Å². The van der Waals surface area contributed by atoms with Crippen LogP contribution in [0.15, 0.2) is 30.3 Å². The van der Waals surface area contributed by atoms with Gasteiger partial charge in [0.15, 0.2) is 0 Å². The fraction of sp³-hybridized carbons (Fsp3) is 0.300. The lowest BCUT2D eigenvalue weighted by atomic mass is 10.1. The number of benzene rings is 1. The van der Waals surface area contributed by atoms with Gasteiger partial charge < -0.3 is 5.73 Å². The largest absolute Gasteiger partial charge is 0.328 e. The van der Waals surface area contributed by atoms with Crippen LogP contribution in [0, 0.1) is 6.92 Å². The standard InChI is InChI=1S/C10H14N/c1-9(11)7-8-10-5-3-2-4-6-10/h2-6,9H,1,7-8,11H2/t9-/m0/s1. The third kappa shape index (κ3) is 3.19. The van der Waals surface area contributed by atoms with Crippen LogP contribution >= 0.6 is 0 Å². The van der Waals surface area contributed by atoms with Gasteiger partial charge >= 0.3 is 0 Å². The number of hydrogen-bond acceptors (Lipinski definition) is 1. The van der Waals surface area contributed by atoms with Crippen LogP contribution in [0.2, 0.25) is 0 Å². The van der Waals surface area contributed by atoms with Crippen molar-refractivity contribution in [3.63, 3.8) is 0 Å². The summed E-state index contributed by atoms with van der Waals surface area (Å²) in [7, 11) is 0. The molecule has 0 saturated carbocycles. The minimum Gasteiger partial charge on any atom is -0.328 e. The van der Waals surface area contributed by atoms with Gasteiger partial charge in [0.1, 0.15) is 0 Å². The molecular weight excluding hydrogens is 134 g/mol. The van der Waals surface area contributed by atoms with Gasteiger partial charge in [0.2, 0.25) is 0 Å². The highest BCUT2D eigenvalue weighted by molar-refractivity contribution is 5.14. The van der Waals surface area contributed by atoms with Crippen molar-refractivity contribution in [3.05, 3.63) is 42.8 Å². The monoisotopic (exact) mass is 148 g/mol. The highest BCUT2D eigenvalue weighted by atomic mass is 14.6. The molecule has 11 heavy (non-hydrogen) atoms. The van der Waals surface area contributed by atoms with Gasteiger partial charge in [-0.2, -0.15) is 0 Å². The quantitative estimate of drug-likeness (QED) is 0.694. The van der Waals surface area contributed by atoms with E-state index < -0.39 is 0 Å². The lowest BCUT2D eigenvalue weighted by Gasteiger charge is -2.03. The van der Waals surface area contributed by atoms with Crippen LogP contribution in [-0.4, -0.2) is 6.04 Å². The molecule has 1 heteroatoms. The molecule has 0 amide bonds. The van der Waals surface area contributed by atoms with Crippen LogP contribution in [0.1, 0.15) is 12.0 Å². The van der Waals surface area contributed by atoms with Crippen molar-refractivity contribution in [1.82, 2.24) is 0 Å². The van der Waals surface area contributed by atoms with E-state index in [0.29, 0.717) is 0 Å². The highest BCUT2D eigenvalue weighted by Crippen LogP contribution is 2.02. The molecule has 1 atom stereocenters. The molecule has 1 rings (SSSR count). The smallest absolute Gasteiger partial charge is 0.00425 e. The first-order chi connectivity index (χ1) is 5.29. The van der Waals surface area contributed by atoms with Crippen molar-refractivity contribution in [2.45, 2.75) is 18.9 Å². The average molecular weight is 148 g/mol. The summed E-state index contributed by atoms with van der Waals surface area (Å²) in [5.74, 6) is 0. The summed E-state index contributed by atoms with van der Waals surface area (Å²) < 4.78 is 0. The fourth-order valence-electron chi connectivity index (χ4n) is 0.997. The zero-order chi connectivity index (χ0) is 8.10. The maximum atomic E-state index is 5.53. The van der Waals surface area contributed by atoms with Crippen molar-refractivity contribution >= 4 is 0 Å². The van der Waals surface area contributed by atoms with Crippen LogP contribution < -0.4 is 5.73 Å². The van der Waals surface area contributed by atoms with Crippen LogP contribution in [0.25, 0.3) is 0 Å². The Hall–Kier alpha value is -0.820. The van der Waals surface area contributed by atoms with E-state index in [-0.39, 0.29) is 6.04 Å². The van der Waals surface area contributed by atoms with E-state index >= 15 is 0 Å². The molecule has 0 aliphatic rings. The van der Waals surface area contributed by atoms with Gasteiger partial charge in [0, 0.05) is 6.04 Å². The summed E-state index contributed by atoms with van der Waals surface area (Å²) in [6.07, 6.45) is 2.00. The molecule has 0 spiro atoms. The second-order valence-electron chi connectivity index (χ2n) is 2.78. The number of nitrogens with two attached hydrogens (primary N) is 1. The van der Waals surface area contributed by atoms with E-state index in [0.717, 1.165) is 12.8 Å². The van der Waals surface area contributed by atoms with E-state index in [2.05, 4.69) is 19.1 Å². The Kier molecular flexibility index (Phi) is 3.12. The molecule has 0 aliphatic heterocycles. The maximum absolute atomic E-state index is 5.53. The topological polar surface area (TPSA) is 26.0 Å². The summed E-state index contributed by atoms with van der Waals surface area (Å²) in [5.41, 5.74) is 6.87. The van der Waals surface area contributed by atoms with E-state index in [1.165, 1.54) is 5.56 Å². The molecule has 0 aromatic heterocycles. The second kappa shape index (κ2) is 4.14. The van der Waals surface area contributed by atoms with E-state index in [1.807, 2.05) is 18.2 Å². The summed E-state index contributed by atoms with van der Waals surface area (Å²) in [4.78, 5) is 0. The molecule has 1 aromatic rings. The van der Waals surface area contributed by atoms with Crippen molar-refractivity contribution in [1.29, 1.82) is 0 Å². The number of aryl methyl sites for hydroxylation is 1. The summed E-state index contributed by atoms with van der Waals surface area (Å²) in [6.45, 7) is 3.73. The van der Waals surface area contributed by atoms with Crippen molar-refractivity contribution < 1.29 is 0 Å². The van der Waals surface area contributed by atoms with Gasteiger partial charge in [-0.1, -0.05) is 30.3 Å². The molecule has 0 fully saturated rings. The summed E-state index contributed by atoms with van der Waals surface area (Å²) >= 11 is 0. The lowest BCUT2D eigenvalue weighted by molar-refractivity contribution is 0.718. The van der Waals surface area contributed by atoms with E-state index in [1.54, 1.807) is 0 Å². The van der Waals surface area contributed by atoms with Gasteiger partial charge in [-0.3, -0.25) is 0 Å². The number of rotatable bonds is 3. The van der Waals surface area contributed by atoms with Crippen molar-refractivity contribution in [2.24, 2.45) is 5.73 Å². The maximum Gasteiger partial charge on any atom is 0.00425 e. The molecular formula is C10H14N. The molecule has 1 radical (unpaired) electrons. The minimum atomic E-state index is 0.0650. The molecule has 1 aromatic carbocycles. The molecule has 1 nitrogen and oxygen atoms in total. The zero-order valence-electron chi connectivity index (χ0n) is 6.66. The van der Waals surface area contributed by atoms with Gasteiger partial charge in [0.25, 0.3) is 0 Å². The Morgan fingerprint density at radius 1 is 1.27 bits per heavy atom. The van der Waals surface area contributed by atoms with Crippen LogP contribution in [-0.2, 0) is 6.42 Å². The molecule has 0 heterocycles. The van der Waals surface area contributed by atoms with Crippen molar-refractivity contribution in [2.75, 3.05) is 0 Å². The lowest BCUT2D eigenvalue weighted by Crippen LogP contribution is -2.15. The Labute approximate surface area is 68.2 Å². The second-order valence-corrected chi connectivity index (χ2v) is 2.78. The third-order valence-corrected chi connectivity index (χ3v) is 1.65. The molecule has 0 bridgehead atoms. The molecule has 2 N–H and O–H groups in total. The first-order valence-electron chi connectivity index (χ1n) is 3.91. The number of hydrogen-bond donors (Lipinski definition) is 1. The highest BCUT2D eigenvalue weighted by Gasteiger charge is 1.94. The molecule has 0 unspecified atom stereocenters. The van der Waals surface area contributed by atoms with Crippen LogP contribution in [0.3, 0.4) is 0 Å². The molecule has 0 aliphatic carbocycles. The van der Waals surface area contributed by atoms with E-state index in [9.17, 15) is 0 Å². The SMILES string of the molecule is [CH2][C@H](N)CCc1ccccc1. The first-order valence-corrected chi connectivity index (χ1v) is 3.91. The van der Waals surface area contributed by atoms with Gasteiger partial charge in [-0.05, 0) is 25.3 Å². The Morgan fingerprint density at radius 3 is 2.45 bits per heavy atom. The predicted octanol–water partition coefficient (Wildman–Crippen LogP) is 1.78. The van der Waals surface area contributed by atoms with Gasteiger partial charge in [-0.15, -0.1) is 0 Å². The summed E-state index contributed by atoms with van der Waals surface area (Å²) in [6, 6.07) is 10.4. The average Bonchev–Trinajstić information content (AvgIpc) is 2.03. The first kappa shape index (κ1) is 8.28.